The van der Waals surface area contributed by atoms with Gasteiger partial charge in [-0.25, -0.2) is 4.79 Å². The highest BCUT2D eigenvalue weighted by molar-refractivity contribution is 5.91. The molecule has 22 heavy (non-hydrogen) atoms. The molecule has 1 aromatic carbocycles. The molecule has 2 N–H and O–H groups in total. The van der Waals surface area contributed by atoms with Crippen molar-refractivity contribution in [2.24, 2.45) is 0 Å². The highest BCUT2D eigenvalue weighted by Gasteiger charge is 2.20. The number of carbonyl (C=O) groups is 1. The molecule has 0 spiro atoms. The van der Waals surface area contributed by atoms with Crippen LogP contribution in [0.2, 0.25) is 0 Å². The van der Waals surface area contributed by atoms with Crippen molar-refractivity contribution in [1.82, 2.24) is 0 Å². The van der Waals surface area contributed by atoms with Crippen molar-refractivity contribution < 1.29 is 15.0 Å². The maximum Gasteiger partial charge on any atom is 0.339 e. The second-order valence-corrected chi connectivity index (χ2v) is 6.50. The third-order valence-corrected chi connectivity index (χ3v) is 4.84. The highest BCUT2D eigenvalue weighted by atomic mass is 16.4. The van der Waals surface area contributed by atoms with Crippen molar-refractivity contribution in [2.75, 3.05) is 0 Å². The molecule has 1 aliphatic rings. The first kappa shape index (κ1) is 16.9. The third kappa shape index (κ3) is 4.75. The Morgan fingerprint density at radius 1 is 0.864 bits per heavy atom. The monoisotopic (exact) mass is 304 g/mol. The number of benzene rings is 1. The van der Waals surface area contributed by atoms with E-state index in [1.54, 1.807) is 6.07 Å². The first-order chi connectivity index (χ1) is 10.7. The topological polar surface area (TPSA) is 57.5 Å². The number of rotatable bonds is 2. The largest absolute Gasteiger partial charge is 0.507 e. The van der Waals surface area contributed by atoms with E-state index in [1.165, 1.54) is 63.9 Å². The number of aromatic hydroxyl groups is 1. The van der Waals surface area contributed by atoms with Gasteiger partial charge in [0.1, 0.15) is 11.3 Å². The van der Waals surface area contributed by atoms with Gasteiger partial charge in [-0.15, -0.1) is 0 Å². The van der Waals surface area contributed by atoms with Crippen LogP contribution in [0.4, 0.5) is 0 Å². The molecule has 0 saturated heterocycles. The van der Waals surface area contributed by atoms with Gasteiger partial charge in [-0.2, -0.15) is 0 Å². The van der Waals surface area contributed by atoms with Crippen LogP contribution in [0.3, 0.4) is 0 Å². The Kier molecular flexibility index (Phi) is 6.75. The molecule has 1 fully saturated rings. The third-order valence-electron chi connectivity index (χ3n) is 4.84. The van der Waals surface area contributed by atoms with Crippen LogP contribution < -0.4 is 0 Å². The summed E-state index contributed by atoms with van der Waals surface area (Å²) in [6, 6.07) is 5.14. The van der Waals surface area contributed by atoms with E-state index in [0.29, 0.717) is 5.92 Å². The van der Waals surface area contributed by atoms with E-state index in [9.17, 15) is 15.0 Å². The van der Waals surface area contributed by atoms with Gasteiger partial charge >= 0.3 is 5.97 Å². The Labute approximate surface area is 133 Å². The van der Waals surface area contributed by atoms with Gasteiger partial charge in [-0.1, -0.05) is 69.9 Å². The predicted molar refractivity (Wildman–Crippen MR) is 88.6 cm³/mol. The molecule has 1 saturated carbocycles. The lowest BCUT2D eigenvalue weighted by Gasteiger charge is -2.20. The maximum absolute atomic E-state index is 11.2. The summed E-state index contributed by atoms with van der Waals surface area (Å²) < 4.78 is 0. The predicted octanol–water partition coefficient (Wildman–Crippen LogP) is 5.48. The molecular weight excluding hydrogens is 276 g/mol. The molecule has 3 heteroatoms. The molecule has 0 aromatic heterocycles. The van der Waals surface area contributed by atoms with E-state index >= 15 is 0 Å². The summed E-state index contributed by atoms with van der Waals surface area (Å²) >= 11 is 0. The van der Waals surface area contributed by atoms with Crippen molar-refractivity contribution >= 4 is 5.97 Å². The molecule has 122 valence electrons. The molecule has 0 atom stereocenters. The van der Waals surface area contributed by atoms with Gasteiger partial charge in [0.15, 0.2) is 0 Å². The van der Waals surface area contributed by atoms with Crippen LogP contribution in [0, 0.1) is 0 Å². The van der Waals surface area contributed by atoms with E-state index < -0.39 is 5.97 Å². The van der Waals surface area contributed by atoms with Gasteiger partial charge < -0.3 is 10.2 Å². The van der Waals surface area contributed by atoms with Gasteiger partial charge in [-0.05, 0) is 30.4 Å². The Morgan fingerprint density at radius 2 is 1.36 bits per heavy atom. The van der Waals surface area contributed by atoms with Crippen molar-refractivity contribution in [3.8, 4) is 5.75 Å². The van der Waals surface area contributed by atoms with E-state index in [2.05, 4.69) is 0 Å². The molecule has 0 radical (unpaired) electrons. The van der Waals surface area contributed by atoms with Crippen molar-refractivity contribution in [2.45, 2.75) is 76.5 Å². The average Bonchev–Trinajstić information content (AvgIpc) is 2.48. The molecule has 0 unspecified atom stereocenters. The Bertz CT molecular complexity index is 470. The summed E-state index contributed by atoms with van der Waals surface area (Å²) in [6.07, 6.45) is 13.6. The van der Waals surface area contributed by atoms with Gasteiger partial charge in [0.05, 0.1) is 0 Å². The van der Waals surface area contributed by atoms with E-state index in [-0.39, 0.29) is 11.3 Å². The first-order valence-corrected chi connectivity index (χ1v) is 8.75. The van der Waals surface area contributed by atoms with Gasteiger partial charge in [0.2, 0.25) is 0 Å². The van der Waals surface area contributed by atoms with E-state index in [0.717, 1.165) is 18.4 Å². The van der Waals surface area contributed by atoms with Gasteiger partial charge in [0, 0.05) is 0 Å². The molecule has 0 heterocycles. The fourth-order valence-electron chi connectivity index (χ4n) is 3.54. The molecule has 0 aliphatic heterocycles. The SMILES string of the molecule is O=C(O)c1cccc(C2CCCCCCCCCCC2)c1O. The molecule has 1 aliphatic carbocycles. The number of carboxylic acid groups (broad SMARTS) is 1. The minimum Gasteiger partial charge on any atom is -0.507 e. The van der Waals surface area contributed by atoms with Gasteiger partial charge in [-0.3, -0.25) is 0 Å². The lowest BCUT2D eigenvalue weighted by Crippen LogP contribution is -2.04. The fraction of sp³-hybridized carbons (Fsp3) is 0.632. The summed E-state index contributed by atoms with van der Waals surface area (Å²) in [5.41, 5.74) is 0.862. The summed E-state index contributed by atoms with van der Waals surface area (Å²) in [5, 5.41) is 19.5. The van der Waals surface area contributed by atoms with Crippen LogP contribution in [-0.4, -0.2) is 16.2 Å². The normalized spacial score (nSPS) is 19.1. The standard InChI is InChI=1S/C19H28O3/c20-18-16(13-10-14-17(18)19(21)22)15-11-8-6-4-2-1-3-5-7-9-12-15/h10,13-15,20H,1-9,11-12H2,(H,21,22). The molecular formula is C19H28O3. The maximum atomic E-state index is 11.2. The van der Waals surface area contributed by atoms with E-state index in [1.807, 2.05) is 6.07 Å². The lowest BCUT2D eigenvalue weighted by molar-refractivity contribution is 0.0693. The fourth-order valence-corrected chi connectivity index (χ4v) is 3.54. The minimum atomic E-state index is -1.05. The summed E-state index contributed by atoms with van der Waals surface area (Å²) in [5.74, 6) is -0.779. The van der Waals surface area contributed by atoms with Gasteiger partial charge in [0.25, 0.3) is 0 Å². The second kappa shape index (κ2) is 8.82. The number of carboxylic acids is 1. The van der Waals surface area contributed by atoms with Crippen LogP contribution in [0.1, 0.15) is 92.5 Å². The van der Waals surface area contributed by atoms with Crippen LogP contribution >= 0.6 is 0 Å². The first-order valence-electron chi connectivity index (χ1n) is 8.75. The zero-order valence-corrected chi connectivity index (χ0v) is 13.4. The number of hydrogen-bond donors (Lipinski definition) is 2. The minimum absolute atomic E-state index is 0.0212. The smallest absolute Gasteiger partial charge is 0.339 e. The summed E-state index contributed by atoms with van der Waals surface area (Å²) in [6.45, 7) is 0. The quantitative estimate of drug-likeness (QED) is 0.760. The van der Waals surface area contributed by atoms with Crippen molar-refractivity contribution in [1.29, 1.82) is 0 Å². The van der Waals surface area contributed by atoms with Crippen molar-refractivity contribution in [3.63, 3.8) is 0 Å². The van der Waals surface area contributed by atoms with Crippen LogP contribution in [-0.2, 0) is 0 Å². The molecule has 1 aromatic rings. The zero-order chi connectivity index (χ0) is 15.8. The van der Waals surface area contributed by atoms with E-state index in [4.69, 9.17) is 0 Å². The number of hydrogen-bond acceptors (Lipinski definition) is 2. The lowest BCUT2D eigenvalue weighted by atomic mass is 9.86. The molecule has 0 amide bonds. The Hall–Kier alpha value is -1.51. The highest BCUT2D eigenvalue weighted by Crippen LogP contribution is 2.36. The number of para-hydroxylation sites is 1. The molecule has 0 bridgehead atoms. The Morgan fingerprint density at radius 3 is 1.86 bits per heavy atom. The van der Waals surface area contributed by atoms with Crippen LogP contribution in [0.5, 0.6) is 5.75 Å². The summed E-state index contributed by atoms with van der Waals surface area (Å²) in [7, 11) is 0. The number of phenols is 1. The van der Waals surface area contributed by atoms with Crippen LogP contribution in [0.15, 0.2) is 18.2 Å². The second-order valence-electron chi connectivity index (χ2n) is 6.50. The summed E-state index contributed by atoms with van der Waals surface area (Å²) in [4.78, 5) is 11.2. The van der Waals surface area contributed by atoms with Crippen molar-refractivity contribution in [3.05, 3.63) is 29.3 Å². The molecule has 2 rings (SSSR count). The van der Waals surface area contributed by atoms with Crippen LogP contribution in [0.25, 0.3) is 0 Å². The average molecular weight is 304 g/mol. The molecule has 3 nitrogen and oxygen atoms in total. The number of aromatic carboxylic acids is 1. The Balaban J connectivity index is 2.12. The zero-order valence-electron chi connectivity index (χ0n) is 13.4.